The highest BCUT2D eigenvalue weighted by atomic mass is 35.5. The first-order chi connectivity index (χ1) is 11.7. The minimum absolute atomic E-state index is 0.162. The zero-order chi connectivity index (χ0) is 16.5. The molecule has 1 saturated carbocycles. The van der Waals surface area contributed by atoms with Crippen LogP contribution in [0.2, 0.25) is 5.15 Å². The number of aliphatic hydroxyl groups is 1. The van der Waals surface area contributed by atoms with Crippen LogP contribution in [0.15, 0.2) is 36.7 Å². The fourth-order valence-corrected chi connectivity index (χ4v) is 3.56. The number of hydrogen-bond donors (Lipinski definition) is 3. The first-order valence-corrected chi connectivity index (χ1v) is 8.61. The van der Waals surface area contributed by atoms with Gasteiger partial charge in [0.05, 0.1) is 6.10 Å². The molecular weight excluding hydrogens is 324 g/mol. The second-order valence-corrected chi connectivity index (χ2v) is 6.70. The van der Waals surface area contributed by atoms with Gasteiger partial charge < -0.3 is 15.4 Å². The van der Waals surface area contributed by atoms with Gasteiger partial charge in [0.25, 0.3) is 0 Å². The van der Waals surface area contributed by atoms with Crippen LogP contribution in [0.4, 0.5) is 5.82 Å². The molecular formula is C18H19ClN4O. The van der Waals surface area contributed by atoms with Crippen molar-refractivity contribution in [1.82, 2.24) is 15.0 Å². The van der Waals surface area contributed by atoms with Crippen molar-refractivity contribution in [3.63, 3.8) is 0 Å². The number of nitrogens with one attached hydrogen (secondary N) is 2. The lowest BCUT2D eigenvalue weighted by atomic mass is 9.93. The molecule has 1 fully saturated rings. The van der Waals surface area contributed by atoms with Crippen LogP contribution in [0.3, 0.4) is 0 Å². The van der Waals surface area contributed by atoms with E-state index in [2.05, 4.69) is 20.3 Å². The van der Waals surface area contributed by atoms with Crippen LogP contribution in [-0.2, 0) is 0 Å². The molecule has 0 bridgehead atoms. The van der Waals surface area contributed by atoms with Crippen LogP contribution >= 0.6 is 11.6 Å². The predicted octanol–water partition coefficient (Wildman–Crippen LogP) is 3.99. The molecule has 0 aromatic carbocycles. The van der Waals surface area contributed by atoms with Crippen LogP contribution in [0.25, 0.3) is 22.2 Å². The number of anilines is 1. The van der Waals surface area contributed by atoms with Gasteiger partial charge in [-0.1, -0.05) is 11.6 Å². The van der Waals surface area contributed by atoms with E-state index in [1.165, 1.54) is 0 Å². The van der Waals surface area contributed by atoms with Crippen LogP contribution in [0.5, 0.6) is 0 Å². The average Bonchev–Trinajstić information content (AvgIpc) is 3.01. The van der Waals surface area contributed by atoms with Crippen LogP contribution in [0, 0.1) is 0 Å². The van der Waals surface area contributed by atoms with Crippen molar-refractivity contribution < 1.29 is 5.11 Å². The molecule has 0 radical (unpaired) electrons. The fraction of sp³-hybridized carbons (Fsp3) is 0.333. The molecule has 5 nitrogen and oxygen atoms in total. The molecule has 3 aromatic rings. The zero-order valence-electron chi connectivity index (χ0n) is 13.2. The number of aromatic nitrogens is 3. The average molecular weight is 343 g/mol. The maximum Gasteiger partial charge on any atom is 0.137 e. The summed E-state index contributed by atoms with van der Waals surface area (Å²) in [7, 11) is 0. The molecule has 3 N–H and O–H groups in total. The maximum atomic E-state index is 9.63. The molecule has 0 atom stereocenters. The summed E-state index contributed by atoms with van der Waals surface area (Å²) in [6.45, 7) is 0. The molecule has 24 heavy (non-hydrogen) atoms. The Morgan fingerprint density at radius 1 is 1.21 bits per heavy atom. The summed E-state index contributed by atoms with van der Waals surface area (Å²) in [5.41, 5.74) is 2.92. The Morgan fingerprint density at radius 2 is 2.04 bits per heavy atom. The van der Waals surface area contributed by atoms with Gasteiger partial charge in [-0.2, -0.15) is 0 Å². The summed E-state index contributed by atoms with van der Waals surface area (Å²) in [6.07, 6.45) is 7.11. The number of fused-ring (bicyclic) bond motifs is 1. The molecule has 1 aliphatic rings. The van der Waals surface area contributed by atoms with E-state index >= 15 is 0 Å². The predicted molar refractivity (Wildman–Crippen MR) is 96.2 cm³/mol. The number of H-pyrrole nitrogens is 1. The number of aliphatic hydroxyl groups excluding tert-OH is 1. The maximum absolute atomic E-state index is 9.63. The highest BCUT2D eigenvalue weighted by molar-refractivity contribution is 6.29. The number of pyridine rings is 2. The highest BCUT2D eigenvalue weighted by Gasteiger charge is 2.20. The molecule has 0 unspecified atom stereocenters. The van der Waals surface area contributed by atoms with Gasteiger partial charge in [-0.3, -0.25) is 0 Å². The second kappa shape index (κ2) is 6.42. The van der Waals surface area contributed by atoms with E-state index in [9.17, 15) is 5.11 Å². The third kappa shape index (κ3) is 3.09. The molecule has 6 heteroatoms. The van der Waals surface area contributed by atoms with Gasteiger partial charge in [-0.05, 0) is 55.5 Å². The molecule has 3 aromatic heterocycles. The number of halogens is 1. The summed E-state index contributed by atoms with van der Waals surface area (Å²) in [4.78, 5) is 11.9. The highest BCUT2D eigenvalue weighted by Crippen LogP contribution is 2.31. The van der Waals surface area contributed by atoms with E-state index in [1.807, 2.05) is 30.5 Å². The van der Waals surface area contributed by atoms with E-state index in [0.717, 1.165) is 53.7 Å². The van der Waals surface area contributed by atoms with Crippen molar-refractivity contribution in [3.8, 4) is 11.1 Å². The number of nitrogens with zero attached hydrogens (tertiary/aromatic N) is 2. The summed E-state index contributed by atoms with van der Waals surface area (Å²) in [5.74, 6) is 0.775. The molecule has 124 valence electrons. The number of hydrogen-bond acceptors (Lipinski definition) is 4. The number of rotatable bonds is 3. The summed E-state index contributed by atoms with van der Waals surface area (Å²) >= 11 is 6.24. The molecule has 1 aliphatic carbocycles. The number of aromatic amines is 1. The SMILES string of the molecule is O[C@H]1CC[C@H](Nc2cc(-c3c[nH]c4ncccc34)cc(Cl)n2)CC1. The van der Waals surface area contributed by atoms with Gasteiger partial charge in [0.2, 0.25) is 0 Å². The molecule has 0 amide bonds. The second-order valence-electron chi connectivity index (χ2n) is 6.32. The largest absolute Gasteiger partial charge is 0.393 e. The lowest BCUT2D eigenvalue weighted by molar-refractivity contribution is 0.126. The van der Waals surface area contributed by atoms with Crippen molar-refractivity contribution >= 4 is 28.5 Å². The lowest BCUT2D eigenvalue weighted by Gasteiger charge is -2.26. The third-order valence-electron chi connectivity index (χ3n) is 4.60. The smallest absolute Gasteiger partial charge is 0.137 e. The summed E-state index contributed by atoms with van der Waals surface area (Å²) in [5, 5.41) is 14.6. The van der Waals surface area contributed by atoms with Crippen molar-refractivity contribution in [1.29, 1.82) is 0 Å². The first kappa shape index (κ1) is 15.4. The monoisotopic (exact) mass is 342 g/mol. The van der Waals surface area contributed by atoms with E-state index in [4.69, 9.17) is 11.6 Å². The first-order valence-electron chi connectivity index (χ1n) is 8.24. The van der Waals surface area contributed by atoms with Crippen molar-refractivity contribution in [3.05, 3.63) is 41.8 Å². The Balaban J connectivity index is 1.64. The standard InChI is InChI=1S/C18H19ClN4O/c19-16-8-11(15-10-21-18-14(15)2-1-7-20-18)9-17(23-16)22-12-3-5-13(24)6-4-12/h1-2,7-10,12-13,24H,3-6H2,(H,20,21)(H,22,23)/t12-,13-. The topological polar surface area (TPSA) is 73.8 Å². The minimum atomic E-state index is -0.162. The van der Waals surface area contributed by atoms with E-state index < -0.39 is 0 Å². The molecule has 4 rings (SSSR count). The van der Waals surface area contributed by atoms with Gasteiger partial charge in [-0.15, -0.1) is 0 Å². The Kier molecular flexibility index (Phi) is 4.12. The third-order valence-corrected chi connectivity index (χ3v) is 4.80. The molecule has 0 aliphatic heterocycles. The molecule has 0 saturated heterocycles. The van der Waals surface area contributed by atoms with Crippen LogP contribution < -0.4 is 5.32 Å². The van der Waals surface area contributed by atoms with Gasteiger partial charge in [0, 0.05) is 29.4 Å². The Bertz CT molecular complexity index is 855. The van der Waals surface area contributed by atoms with E-state index in [0.29, 0.717) is 11.2 Å². The minimum Gasteiger partial charge on any atom is -0.393 e. The Labute approximate surface area is 145 Å². The quantitative estimate of drug-likeness (QED) is 0.629. The summed E-state index contributed by atoms with van der Waals surface area (Å²) < 4.78 is 0. The molecule has 0 spiro atoms. The van der Waals surface area contributed by atoms with Crippen molar-refractivity contribution in [2.45, 2.75) is 37.8 Å². The van der Waals surface area contributed by atoms with Crippen molar-refractivity contribution in [2.75, 3.05) is 5.32 Å². The van der Waals surface area contributed by atoms with Crippen LogP contribution in [0.1, 0.15) is 25.7 Å². The fourth-order valence-electron chi connectivity index (χ4n) is 3.35. The Morgan fingerprint density at radius 3 is 2.88 bits per heavy atom. The van der Waals surface area contributed by atoms with E-state index in [1.54, 1.807) is 6.20 Å². The van der Waals surface area contributed by atoms with E-state index in [-0.39, 0.29) is 6.10 Å². The van der Waals surface area contributed by atoms with Gasteiger partial charge in [0.15, 0.2) is 0 Å². The zero-order valence-corrected chi connectivity index (χ0v) is 13.9. The van der Waals surface area contributed by atoms with Crippen LogP contribution in [-0.4, -0.2) is 32.2 Å². The van der Waals surface area contributed by atoms with Gasteiger partial charge >= 0.3 is 0 Å². The van der Waals surface area contributed by atoms with Gasteiger partial charge in [-0.25, -0.2) is 9.97 Å². The Hall–Kier alpha value is -2.11. The van der Waals surface area contributed by atoms with Gasteiger partial charge in [0.1, 0.15) is 16.6 Å². The lowest BCUT2D eigenvalue weighted by Crippen LogP contribution is -2.28. The van der Waals surface area contributed by atoms with Crippen molar-refractivity contribution in [2.24, 2.45) is 0 Å². The molecule has 3 heterocycles. The normalized spacial score (nSPS) is 21.1. The summed E-state index contributed by atoms with van der Waals surface area (Å²) in [6, 6.07) is 8.18.